The molecule has 4 heteroatoms. The third-order valence-electron chi connectivity index (χ3n) is 2.63. The maximum atomic E-state index is 11.6. The van der Waals surface area contributed by atoms with Gasteiger partial charge in [0.15, 0.2) is 5.78 Å². The standard InChI is InChI=1S/C14H17ClO3/c1-3-10-5-6-11(14(17)18-4-2)7-12(10)8-13(16)9-15/h5-7H,3-4,8-9H2,1-2H3. The first-order chi connectivity index (χ1) is 8.62. The maximum absolute atomic E-state index is 11.6. The molecule has 0 heterocycles. The van der Waals surface area contributed by atoms with E-state index in [1.54, 1.807) is 19.1 Å². The number of esters is 1. The number of hydrogen-bond acceptors (Lipinski definition) is 3. The van der Waals surface area contributed by atoms with Crippen molar-refractivity contribution in [3.05, 3.63) is 34.9 Å². The summed E-state index contributed by atoms with van der Waals surface area (Å²) in [6.45, 7) is 4.11. The first kappa shape index (κ1) is 14.7. The number of carbonyl (C=O) groups excluding carboxylic acids is 2. The van der Waals surface area contributed by atoms with E-state index in [-0.39, 0.29) is 24.1 Å². The van der Waals surface area contributed by atoms with Gasteiger partial charge < -0.3 is 4.74 Å². The Morgan fingerprint density at radius 1 is 1.22 bits per heavy atom. The summed E-state index contributed by atoms with van der Waals surface area (Å²) in [7, 11) is 0. The zero-order valence-electron chi connectivity index (χ0n) is 10.7. The SMILES string of the molecule is CCOC(=O)c1ccc(CC)c(CC(=O)CCl)c1. The van der Waals surface area contributed by atoms with E-state index in [1.165, 1.54) is 0 Å². The van der Waals surface area contributed by atoms with Gasteiger partial charge in [-0.05, 0) is 36.6 Å². The lowest BCUT2D eigenvalue weighted by Crippen LogP contribution is -2.10. The molecule has 0 saturated carbocycles. The Morgan fingerprint density at radius 2 is 1.94 bits per heavy atom. The van der Waals surface area contributed by atoms with Crippen LogP contribution in [-0.2, 0) is 22.4 Å². The number of benzene rings is 1. The quantitative estimate of drug-likeness (QED) is 0.589. The molecule has 0 radical (unpaired) electrons. The topological polar surface area (TPSA) is 43.4 Å². The normalized spacial score (nSPS) is 10.2. The van der Waals surface area contributed by atoms with Gasteiger partial charge in [0, 0.05) is 6.42 Å². The van der Waals surface area contributed by atoms with Crippen LogP contribution in [0.5, 0.6) is 0 Å². The predicted octanol–water partition coefficient (Wildman–Crippen LogP) is 2.78. The Hall–Kier alpha value is -1.35. The zero-order chi connectivity index (χ0) is 13.5. The molecule has 1 aromatic rings. The minimum atomic E-state index is -0.361. The molecule has 0 atom stereocenters. The molecule has 0 bridgehead atoms. The molecule has 0 aliphatic rings. The van der Waals surface area contributed by atoms with Gasteiger partial charge in [-0.15, -0.1) is 11.6 Å². The lowest BCUT2D eigenvalue weighted by atomic mass is 9.98. The van der Waals surface area contributed by atoms with Gasteiger partial charge in [-0.25, -0.2) is 4.79 Å². The minimum Gasteiger partial charge on any atom is -0.462 e. The molecule has 0 N–H and O–H groups in total. The van der Waals surface area contributed by atoms with Crippen molar-refractivity contribution in [1.29, 1.82) is 0 Å². The van der Waals surface area contributed by atoms with Crippen LogP contribution in [0.25, 0.3) is 0 Å². The molecule has 0 amide bonds. The molecule has 18 heavy (non-hydrogen) atoms. The summed E-state index contributed by atoms with van der Waals surface area (Å²) in [5, 5.41) is 0. The number of aryl methyl sites for hydroxylation is 1. The second-order valence-electron chi connectivity index (χ2n) is 3.91. The van der Waals surface area contributed by atoms with Crippen LogP contribution in [0.1, 0.15) is 35.3 Å². The number of halogens is 1. The van der Waals surface area contributed by atoms with Gasteiger partial charge in [0.05, 0.1) is 18.1 Å². The summed E-state index contributed by atoms with van der Waals surface area (Å²) >= 11 is 5.51. The Kier molecular flexibility index (Phi) is 5.86. The highest BCUT2D eigenvalue weighted by Crippen LogP contribution is 2.15. The zero-order valence-corrected chi connectivity index (χ0v) is 11.4. The number of ketones is 1. The number of ether oxygens (including phenoxy) is 1. The highest BCUT2D eigenvalue weighted by Gasteiger charge is 2.12. The van der Waals surface area contributed by atoms with Gasteiger partial charge in [0.1, 0.15) is 0 Å². The largest absolute Gasteiger partial charge is 0.462 e. The maximum Gasteiger partial charge on any atom is 0.338 e. The molecular weight excluding hydrogens is 252 g/mol. The second-order valence-corrected chi connectivity index (χ2v) is 4.17. The summed E-state index contributed by atoms with van der Waals surface area (Å²) < 4.78 is 4.94. The Bertz CT molecular complexity index is 441. The van der Waals surface area contributed by atoms with Crippen molar-refractivity contribution in [3.8, 4) is 0 Å². The molecule has 0 aliphatic carbocycles. The van der Waals surface area contributed by atoms with E-state index >= 15 is 0 Å². The molecule has 1 aromatic carbocycles. The van der Waals surface area contributed by atoms with Gasteiger partial charge in [-0.1, -0.05) is 13.0 Å². The smallest absolute Gasteiger partial charge is 0.338 e. The third-order valence-corrected chi connectivity index (χ3v) is 2.93. The van der Waals surface area contributed by atoms with Crippen LogP contribution in [-0.4, -0.2) is 24.2 Å². The van der Waals surface area contributed by atoms with E-state index in [1.807, 2.05) is 13.0 Å². The first-order valence-corrected chi connectivity index (χ1v) is 6.52. The second kappa shape index (κ2) is 7.17. The van der Waals surface area contributed by atoms with Crippen molar-refractivity contribution in [2.24, 2.45) is 0 Å². The highest BCUT2D eigenvalue weighted by molar-refractivity contribution is 6.27. The fourth-order valence-corrected chi connectivity index (χ4v) is 1.83. The lowest BCUT2D eigenvalue weighted by molar-refractivity contribution is -0.116. The number of hydrogen-bond donors (Lipinski definition) is 0. The van der Waals surface area contributed by atoms with E-state index in [0.717, 1.165) is 17.5 Å². The number of alkyl halides is 1. The average Bonchev–Trinajstić information content (AvgIpc) is 2.38. The summed E-state index contributed by atoms with van der Waals surface area (Å²) in [6.07, 6.45) is 1.08. The molecule has 0 aliphatic heterocycles. The number of Topliss-reactive ketones (excluding diaryl/α,β-unsaturated/α-hetero) is 1. The Balaban J connectivity index is 3.01. The van der Waals surface area contributed by atoms with E-state index < -0.39 is 0 Å². The van der Waals surface area contributed by atoms with Crippen LogP contribution < -0.4 is 0 Å². The molecule has 0 unspecified atom stereocenters. The van der Waals surface area contributed by atoms with Crippen LogP contribution in [0.3, 0.4) is 0 Å². The molecular formula is C14H17ClO3. The van der Waals surface area contributed by atoms with Crippen LogP contribution in [0.2, 0.25) is 0 Å². The first-order valence-electron chi connectivity index (χ1n) is 5.98. The fourth-order valence-electron chi connectivity index (χ4n) is 1.74. The molecule has 3 nitrogen and oxygen atoms in total. The molecule has 0 spiro atoms. The van der Waals surface area contributed by atoms with Crippen LogP contribution in [0, 0.1) is 0 Å². The monoisotopic (exact) mass is 268 g/mol. The molecule has 98 valence electrons. The number of rotatable bonds is 6. The van der Waals surface area contributed by atoms with Gasteiger partial charge in [-0.2, -0.15) is 0 Å². The minimum absolute atomic E-state index is 0.00715. The predicted molar refractivity (Wildman–Crippen MR) is 71.2 cm³/mol. The van der Waals surface area contributed by atoms with Crippen molar-refractivity contribution in [2.45, 2.75) is 26.7 Å². The fraction of sp³-hybridized carbons (Fsp3) is 0.429. The third kappa shape index (κ3) is 3.84. The Labute approximate surface area is 112 Å². The van der Waals surface area contributed by atoms with E-state index in [4.69, 9.17) is 16.3 Å². The summed E-state index contributed by atoms with van der Waals surface area (Å²) in [5.41, 5.74) is 2.39. The van der Waals surface area contributed by atoms with E-state index in [9.17, 15) is 9.59 Å². The van der Waals surface area contributed by atoms with Gasteiger partial charge >= 0.3 is 5.97 Å². The number of carbonyl (C=O) groups is 2. The van der Waals surface area contributed by atoms with Gasteiger partial charge in [0.25, 0.3) is 0 Å². The molecule has 1 rings (SSSR count). The summed E-state index contributed by atoms with van der Waals surface area (Å²) in [6, 6.07) is 5.32. The van der Waals surface area contributed by atoms with Gasteiger partial charge in [0.2, 0.25) is 0 Å². The Morgan fingerprint density at radius 3 is 2.50 bits per heavy atom. The van der Waals surface area contributed by atoms with Crippen molar-refractivity contribution in [3.63, 3.8) is 0 Å². The molecule has 0 aromatic heterocycles. The average molecular weight is 269 g/mol. The van der Waals surface area contributed by atoms with Crippen LogP contribution in [0.15, 0.2) is 18.2 Å². The van der Waals surface area contributed by atoms with Crippen LogP contribution in [0.4, 0.5) is 0 Å². The highest BCUT2D eigenvalue weighted by atomic mass is 35.5. The van der Waals surface area contributed by atoms with Gasteiger partial charge in [-0.3, -0.25) is 4.79 Å². The van der Waals surface area contributed by atoms with E-state index in [0.29, 0.717) is 12.2 Å². The summed E-state index contributed by atoms with van der Waals surface area (Å²) in [5.74, 6) is -0.417. The molecule has 0 fully saturated rings. The molecule has 0 saturated heterocycles. The lowest BCUT2D eigenvalue weighted by Gasteiger charge is -2.09. The summed E-state index contributed by atoms with van der Waals surface area (Å²) in [4.78, 5) is 23.0. The van der Waals surface area contributed by atoms with Crippen molar-refractivity contribution in [2.75, 3.05) is 12.5 Å². The van der Waals surface area contributed by atoms with E-state index in [2.05, 4.69) is 0 Å². The van der Waals surface area contributed by atoms with Crippen molar-refractivity contribution >= 4 is 23.4 Å². The van der Waals surface area contributed by atoms with Crippen molar-refractivity contribution < 1.29 is 14.3 Å². The van der Waals surface area contributed by atoms with Crippen LogP contribution >= 0.6 is 11.6 Å². The van der Waals surface area contributed by atoms with Crippen molar-refractivity contribution in [1.82, 2.24) is 0 Å².